The molecule has 3 rings (SSSR count). The van der Waals surface area contributed by atoms with E-state index in [1.54, 1.807) is 23.0 Å². The average Bonchev–Trinajstić information content (AvgIpc) is 3.28. The SMILES string of the molecule is CC(C)(C)OC(=O)N1CCCC1C(=O)NCc1cnn(-c2ccc(Cl)cc2)c1. The minimum absolute atomic E-state index is 0.178. The Morgan fingerprint density at radius 2 is 2.00 bits per heavy atom. The van der Waals surface area contributed by atoms with Gasteiger partial charge in [-0.15, -0.1) is 0 Å². The van der Waals surface area contributed by atoms with Gasteiger partial charge in [0.15, 0.2) is 0 Å². The number of ether oxygens (including phenoxy) is 1. The van der Waals surface area contributed by atoms with Crippen LogP contribution in [0.4, 0.5) is 4.79 Å². The standard InChI is InChI=1S/C20H25ClN4O3/c1-20(2,3)28-19(27)24-10-4-5-17(24)18(26)22-11-14-12-23-25(13-14)16-8-6-15(21)7-9-16/h6-9,12-13,17H,4-5,10-11H2,1-3H3,(H,22,26). The molecule has 0 spiro atoms. The molecule has 1 unspecified atom stereocenters. The molecule has 2 aromatic rings. The highest BCUT2D eigenvalue weighted by molar-refractivity contribution is 6.30. The number of hydrogen-bond donors (Lipinski definition) is 1. The van der Waals surface area contributed by atoms with E-state index in [4.69, 9.17) is 16.3 Å². The zero-order valence-corrected chi connectivity index (χ0v) is 17.1. The fourth-order valence-corrected chi connectivity index (χ4v) is 3.20. The van der Waals surface area contributed by atoms with Gasteiger partial charge >= 0.3 is 6.09 Å². The second-order valence-electron chi connectivity index (χ2n) is 7.82. The predicted molar refractivity (Wildman–Crippen MR) is 106 cm³/mol. The summed E-state index contributed by atoms with van der Waals surface area (Å²) in [6.07, 6.45) is 4.53. The molecule has 7 nitrogen and oxygen atoms in total. The number of halogens is 1. The first kappa shape index (κ1) is 20.2. The van der Waals surface area contributed by atoms with E-state index in [1.165, 1.54) is 4.90 Å². The normalized spacial score (nSPS) is 16.9. The van der Waals surface area contributed by atoms with E-state index < -0.39 is 17.7 Å². The number of aromatic nitrogens is 2. The van der Waals surface area contributed by atoms with Crippen molar-refractivity contribution in [1.29, 1.82) is 0 Å². The molecule has 1 aliphatic rings. The number of likely N-dealkylation sites (tertiary alicyclic amines) is 1. The molecule has 1 aromatic carbocycles. The summed E-state index contributed by atoms with van der Waals surface area (Å²) in [6, 6.07) is 6.84. The van der Waals surface area contributed by atoms with Gasteiger partial charge in [0.2, 0.25) is 5.91 Å². The molecule has 0 bridgehead atoms. The lowest BCUT2D eigenvalue weighted by Crippen LogP contribution is -2.47. The van der Waals surface area contributed by atoms with Gasteiger partial charge in [-0.25, -0.2) is 9.48 Å². The quantitative estimate of drug-likeness (QED) is 0.845. The summed E-state index contributed by atoms with van der Waals surface area (Å²) in [5.74, 6) is -0.178. The highest BCUT2D eigenvalue weighted by Crippen LogP contribution is 2.21. The highest BCUT2D eigenvalue weighted by Gasteiger charge is 2.36. The Morgan fingerprint density at radius 1 is 1.29 bits per heavy atom. The Balaban J connectivity index is 1.58. The van der Waals surface area contributed by atoms with Gasteiger partial charge in [0.1, 0.15) is 11.6 Å². The van der Waals surface area contributed by atoms with Crippen LogP contribution in [0.5, 0.6) is 0 Å². The van der Waals surface area contributed by atoms with Gasteiger partial charge < -0.3 is 10.1 Å². The van der Waals surface area contributed by atoms with Gasteiger partial charge in [-0.05, 0) is 57.9 Å². The fraction of sp³-hybridized carbons (Fsp3) is 0.450. The summed E-state index contributed by atoms with van der Waals surface area (Å²) >= 11 is 5.91. The van der Waals surface area contributed by atoms with E-state index in [-0.39, 0.29) is 5.91 Å². The number of benzene rings is 1. The number of nitrogens with zero attached hydrogens (tertiary/aromatic N) is 3. The summed E-state index contributed by atoms with van der Waals surface area (Å²) in [5, 5.41) is 7.87. The molecule has 150 valence electrons. The van der Waals surface area contributed by atoms with Crippen LogP contribution in [-0.4, -0.2) is 44.9 Å². The summed E-state index contributed by atoms with van der Waals surface area (Å²) in [5.41, 5.74) is 1.16. The molecule has 1 N–H and O–H groups in total. The molecule has 0 aliphatic carbocycles. The molecule has 1 aromatic heterocycles. The van der Waals surface area contributed by atoms with Crippen LogP contribution in [0.15, 0.2) is 36.7 Å². The lowest BCUT2D eigenvalue weighted by atomic mass is 10.2. The zero-order chi connectivity index (χ0) is 20.3. The van der Waals surface area contributed by atoms with Crippen molar-refractivity contribution in [3.8, 4) is 5.69 Å². The Labute approximate surface area is 169 Å². The van der Waals surface area contributed by atoms with Crippen molar-refractivity contribution >= 4 is 23.6 Å². The Hall–Kier alpha value is -2.54. The van der Waals surface area contributed by atoms with Gasteiger partial charge in [-0.3, -0.25) is 9.69 Å². The van der Waals surface area contributed by atoms with Crippen molar-refractivity contribution in [2.75, 3.05) is 6.54 Å². The summed E-state index contributed by atoms with van der Waals surface area (Å²) in [7, 11) is 0. The van der Waals surface area contributed by atoms with Crippen molar-refractivity contribution in [2.45, 2.75) is 51.8 Å². The highest BCUT2D eigenvalue weighted by atomic mass is 35.5. The van der Waals surface area contributed by atoms with Gasteiger partial charge in [0.05, 0.1) is 11.9 Å². The van der Waals surface area contributed by atoms with Crippen molar-refractivity contribution in [1.82, 2.24) is 20.0 Å². The van der Waals surface area contributed by atoms with Crippen LogP contribution in [0.25, 0.3) is 5.69 Å². The molecule has 1 aliphatic heterocycles. The Morgan fingerprint density at radius 3 is 2.68 bits per heavy atom. The van der Waals surface area contributed by atoms with Crippen molar-refractivity contribution in [3.63, 3.8) is 0 Å². The molecule has 0 saturated carbocycles. The minimum atomic E-state index is -0.586. The van der Waals surface area contributed by atoms with E-state index in [9.17, 15) is 9.59 Å². The topological polar surface area (TPSA) is 76.5 Å². The average molecular weight is 405 g/mol. The van der Waals surface area contributed by atoms with E-state index in [2.05, 4.69) is 10.4 Å². The number of rotatable bonds is 4. The van der Waals surface area contributed by atoms with Crippen molar-refractivity contribution in [3.05, 3.63) is 47.2 Å². The second-order valence-corrected chi connectivity index (χ2v) is 8.26. The van der Waals surface area contributed by atoms with Crippen LogP contribution < -0.4 is 5.32 Å². The zero-order valence-electron chi connectivity index (χ0n) is 16.3. The van der Waals surface area contributed by atoms with Gasteiger partial charge in [0.25, 0.3) is 0 Å². The maximum absolute atomic E-state index is 12.6. The third-order valence-corrected chi connectivity index (χ3v) is 4.63. The lowest BCUT2D eigenvalue weighted by Gasteiger charge is -2.28. The van der Waals surface area contributed by atoms with Crippen LogP contribution in [0.3, 0.4) is 0 Å². The molecule has 1 atom stereocenters. The summed E-state index contributed by atoms with van der Waals surface area (Å²) in [4.78, 5) is 26.5. The monoisotopic (exact) mass is 404 g/mol. The van der Waals surface area contributed by atoms with Gasteiger partial charge in [-0.2, -0.15) is 5.10 Å². The molecule has 0 radical (unpaired) electrons. The molecular weight excluding hydrogens is 380 g/mol. The Kier molecular flexibility index (Phi) is 5.93. The molecule has 1 fully saturated rings. The van der Waals surface area contributed by atoms with Crippen LogP contribution in [0.1, 0.15) is 39.2 Å². The molecule has 2 heterocycles. The molecular formula is C20H25ClN4O3. The molecule has 28 heavy (non-hydrogen) atoms. The van der Waals surface area contributed by atoms with Gasteiger partial charge in [-0.1, -0.05) is 11.6 Å². The van der Waals surface area contributed by atoms with Gasteiger partial charge in [0, 0.05) is 29.9 Å². The number of carbonyl (C=O) groups excluding carboxylic acids is 2. The Bertz CT molecular complexity index is 842. The number of nitrogens with one attached hydrogen (secondary N) is 1. The van der Waals surface area contributed by atoms with E-state index in [1.807, 2.05) is 39.1 Å². The van der Waals surface area contributed by atoms with Crippen LogP contribution >= 0.6 is 11.6 Å². The van der Waals surface area contributed by atoms with Crippen LogP contribution in [0.2, 0.25) is 5.02 Å². The summed E-state index contributed by atoms with van der Waals surface area (Å²) in [6.45, 7) is 6.31. The number of amides is 2. The number of carbonyl (C=O) groups is 2. The maximum atomic E-state index is 12.6. The first-order valence-electron chi connectivity index (χ1n) is 9.30. The third kappa shape index (κ3) is 5.04. The first-order chi connectivity index (χ1) is 13.2. The van der Waals surface area contributed by atoms with Crippen LogP contribution in [-0.2, 0) is 16.1 Å². The number of hydrogen-bond acceptors (Lipinski definition) is 4. The molecule has 2 amide bonds. The minimum Gasteiger partial charge on any atom is -0.444 e. The second kappa shape index (κ2) is 8.22. The molecule has 8 heteroatoms. The smallest absolute Gasteiger partial charge is 0.410 e. The largest absolute Gasteiger partial charge is 0.444 e. The first-order valence-corrected chi connectivity index (χ1v) is 9.67. The van der Waals surface area contributed by atoms with Crippen LogP contribution in [0, 0.1) is 0 Å². The third-order valence-electron chi connectivity index (χ3n) is 4.38. The van der Waals surface area contributed by atoms with E-state index >= 15 is 0 Å². The predicted octanol–water partition coefficient (Wildman–Crippen LogP) is 3.54. The molecule has 1 saturated heterocycles. The van der Waals surface area contributed by atoms with E-state index in [0.29, 0.717) is 24.5 Å². The van der Waals surface area contributed by atoms with E-state index in [0.717, 1.165) is 17.7 Å². The maximum Gasteiger partial charge on any atom is 0.410 e. The van der Waals surface area contributed by atoms with Crippen molar-refractivity contribution < 1.29 is 14.3 Å². The summed E-state index contributed by atoms with van der Waals surface area (Å²) < 4.78 is 7.13. The fourth-order valence-electron chi connectivity index (χ4n) is 3.07. The van der Waals surface area contributed by atoms with Crippen molar-refractivity contribution in [2.24, 2.45) is 0 Å². The lowest BCUT2D eigenvalue weighted by molar-refractivity contribution is -0.125.